The molecule has 0 amide bonds. The minimum atomic E-state index is -0.403. The van der Waals surface area contributed by atoms with Crippen LogP contribution in [-0.4, -0.2) is 52.6 Å². The SMILES string of the molecule is O=[N+]([O-])c1cccc(-c2cc(CCN3CCN(C(c4ccccc4)c4ccc(Cl)cc4)CC3)on2)c1. The molecular formula is C28H27ClN4O3. The molecule has 0 aliphatic carbocycles. The number of hydrogen-bond donors (Lipinski definition) is 0. The molecule has 5 rings (SSSR count). The van der Waals surface area contributed by atoms with Crippen LogP contribution >= 0.6 is 11.6 Å². The Labute approximate surface area is 215 Å². The summed E-state index contributed by atoms with van der Waals surface area (Å²) in [6.45, 7) is 4.70. The topological polar surface area (TPSA) is 75.7 Å². The second-order valence-corrected chi connectivity index (χ2v) is 9.41. The predicted octanol–water partition coefficient (Wildman–Crippen LogP) is 5.85. The monoisotopic (exact) mass is 502 g/mol. The number of aromatic nitrogens is 1. The zero-order valence-corrected chi connectivity index (χ0v) is 20.6. The summed E-state index contributed by atoms with van der Waals surface area (Å²) in [6.07, 6.45) is 0.737. The average molecular weight is 503 g/mol. The number of piperazine rings is 1. The van der Waals surface area contributed by atoms with Crippen molar-refractivity contribution in [2.75, 3.05) is 32.7 Å². The molecule has 1 aromatic heterocycles. The lowest BCUT2D eigenvalue weighted by Crippen LogP contribution is -2.48. The number of nitro groups is 1. The van der Waals surface area contributed by atoms with Crippen molar-refractivity contribution in [3.63, 3.8) is 0 Å². The molecule has 36 heavy (non-hydrogen) atoms. The molecule has 0 spiro atoms. The Balaban J connectivity index is 1.20. The van der Waals surface area contributed by atoms with E-state index in [4.69, 9.17) is 16.1 Å². The first kappa shape index (κ1) is 24.2. The Morgan fingerprint density at radius 3 is 2.36 bits per heavy atom. The fraction of sp³-hybridized carbons (Fsp3) is 0.250. The Morgan fingerprint density at radius 2 is 1.64 bits per heavy atom. The quantitative estimate of drug-likeness (QED) is 0.222. The van der Waals surface area contributed by atoms with Crippen LogP contribution in [0.5, 0.6) is 0 Å². The second-order valence-electron chi connectivity index (χ2n) is 8.98. The molecule has 1 unspecified atom stereocenters. The summed E-state index contributed by atoms with van der Waals surface area (Å²) in [7, 11) is 0. The Hall–Kier alpha value is -3.52. The van der Waals surface area contributed by atoms with E-state index in [1.165, 1.54) is 23.3 Å². The summed E-state index contributed by atoms with van der Waals surface area (Å²) < 4.78 is 5.53. The van der Waals surface area contributed by atoms with Crippen molar-refractivity contribution >= 4 is 17.3 Å². The third kappa shape index (κ3) is 5.65. The molecule has 1 fully saturated rings. The third-order valence-corrected chi connectivity index (χ3v) is 6.91. The molecule has 0 N–H and O–H groups in total. The van der Waals surface area contributed by atoms with Crippen LogP contribution in [0.25, 0.3) is 11.3 Å². The van der Waals surface area contributed by atoms with Gasteiger partial charge in [0.15, 0.2) is 0 Å². The molecule has 1 atom stereocenters. The normalized spacial score (nSPS) is 15.6. The summed E-state index contributed by atoms with van der Waals surface area (Å²) in [4.78, 5) is 15.6. The molecule has 7 nitrogen and oxygen atoms in total. The van der Waals surface area contributed by atoms with Gasteiger partial charge in [-0.15, -0.1) is 0 Å². The van der Waals surface area contributed by atoms with E-state index in [1.54, 1.807) is 12.1 Å². The number of nitro benzene ring substituents is 1. The minimum absolute atomic E-state index is 0.0438. The van der Waals surface area contributed by atoms with Crippen molar-refractivity contribution in [3.05, 3.63) is 117 Å². The van der Waals surface area contributed by atoms with Crippen LogP contribution in [0.2, 0.25) is 5.02 Å². The summed E-state index contributed by atoms with van der Waals surface area (Å²) in [5, 5.41) is 15.9. The maximum atomic E-state index is 11.1. The molecule has 8 heteroatoms. The summed E-state index contributed by atoms with van der Waals surface area (Å²) in [5.74, 6) is 0.780. The molecule has 184 valence electrons. The number of rotatable bonds is 8. The van der Waals surface area contributed by atoms with E-state index in [0.29, 0.717) is 11.3 Å². The summed E-state index contributed by atoms with van der Waals surface area (Å²) in [5.41, 5.74) is 3.87. The summed E-state index contributed by atoms with van der Waals surface area (Å²) >= 11 is 6.15. The highest BCUT2D eigenvalue weighted by Crippen LogP contribution is 2.30. The molecule has 0 bridgehead atoms. The summed E-state index contributed by atoms with van der Waals surface area (Å²) in [6, 6.07) is 27.3. The maximum Gasteiger partial charge on any atom is 0.270 e. The van der Waals surface area contributed by atoms with E-state index in [9.17, 15) is 10.1 Å². The molecule has 1 saturated heterocycles. The van der Waals surface area contributed by atoms with Gasteiger partial charge in [0.05, 0.1) is 11.0 Å². The molecular weight excluding hydrogens is 476 g/mol. The molecule has 0 radical (unpaired) electrons. The van der Waals surface area contributed by atoms with Crippen LogP contribution in [0.3, 0.4) is 0 Å². The maximum absolute atomic E-state index is 11.1. The smallest absolute Gasteiger partial charge is 0.270 e. The lowest BCUT2D eigenvalue weighted by Gasteiger charge is -2.39. The van der Waals surface area contributed by atoms with Crippen molar-refractivity contribution < 1.29 is 9.45 Å². The van der Waals surface area contributed by atoms with Crippen LogP contribution in [-0.2, 0) is 6.42 Å². The fourth-order valence-corrected chi connectivity index (χ4v) is 4.88. The van der Waals surface area contributed by atoms with Crippen LogP contribution in [0, 0.1) is 10.1 Å². The molecule has 1 aliphatic heterocycles. The first-order chi connectivity index (χ1) is 17.6. The predicted molar refractivity (Wildman–Crippen MR) is 140 cm³/mol. The average Bonchev–Trinajstić information content (AvgIpc) is 3.39. The van der Waals surface area contributed by atoms with Gasteiger partial charge >= 0.3 is 0 Å². The van der Waals surface area contributed by atoms with Crippen LogP contribution in [0.15, 0.2) is 89.5 Å². The standard InChI is InChI=1S/C28H27ClN4O3/c29-24-11-9-22(10-12-24)28(21-5-2-1-3-6-21)32-17-15-31(16-18-32)14-13-26-20-27(30-36-26)23-7-4-8-25(19-23)33(34)35/h1-12,19-20,28H,13-18H2. The first-order valence-corrected chi connectivity index (χ1v) is 12.4. The van der Waals surface area contributed by atoms with Crippen LogP contribution in [0.1, 0.15) is 22.9 Å². The largest absolute Gasteiger partial charge is 0.361 e. The molecule has 0 saturated carbocycles. The lowest BCUT2D eigenvalue weighted by atomic mass is 9.96. The second kappa shape index (κ2) is 11.0. The van der Waals surface area contributed by atoms with E-state index in [0.717, 1.165) is 49.9 Å². The van der Waals surface area contributed by atoms with Crippen molar-refractivity contribution in [2.24, 2.45) is 0 Å². The van der Waals surface area contributed by atoms with Gasteiger partial charge in [0.2, 0.25) is 0 Å². The Bertz CT molecular complexity index is 1300. The van der Waals surface area contributed by atoms with Crippen LogP contribution in [0.4, 0.5) is 5.69 Å². The van der Waals surface area contributed by atoms with Gasteiger partial charge in [0.25, 0.3) is 5.69 Å². The van der Waals surface area contributed by atoms with Gasteiger partial charge in [-0.05, 0) is 23.3 Å². The van der Waals surface area contributed by atoms with E-state index in [2.05, 4.69) is 51.4 Å². The highest BCUT2D eigenvalue weighted by molar-refractivity contribution is 6.30. The van der Waals surface area contributed by atoms with Gasteiger partial charge in [-0.3, -0.25) is 15.0 Å². The number of nitrogens with zero attached hydrogens (tertiary/aromatic N) is 4. The van der Waals surface area contributed by atoms with E-state index in [1.807, 2.05) is 24.3 Å². The highest BCUT2D eigenvalue weighted by atomic mass is 35.5. The first-order valence-electron chi connectivity index (χ1n) is 12.0. The van der Waals surface area contributed by atoms with Gasteiger partial charge < -0.3 is 9.42 Å². The highest BCUT2D eigenvalue weighted by Gasteiger charge is 2.26. The lowest BCUT2D eigenvalue weighted by molar-refractivity contribution is -0.384. The van der Waals surface area contributed by atoms with Gasteiger partial charge in [-0.2, -0.15) is 0 Å². The van der Waals surface area contributed by atoms with Crippen molar-refractivity contribution in [3.8, 4) is 11.3 Å². The minimum Gasteiger partial charge on any atom is -0.361 e. The van der Waals surface area contributed by atoms with Gasteiger partial charge in [-0.1, -0.05) is 71.4 Å². The van der Waals surface area contributed by atoms with Crippen molar-refractivity contribution in [1.82, 2.24) is 15.0 Å². The Kier molecular flexibility index (Phi) is 7.41. The molecule has 3 aromatic carbocycles. The molecule has 2 heterocycles. The molecule has 4 aromatic rings. The number of benzene rings is 3. The van der Waals surface area contributed by atoms with E-state index >= 15 is 0 Å². The number of hydrogen-bond acceptors (Lipinski definition) is 6. The van der Waals surface area contributed by atoms with Crippen molar-refractivity contribution in [2.45, 2.75) is 12.5 Å². The number of halogens is 1. The zero-order valence-electron chi connectivity index (χ0n) is 19.8. The number of non-ortho nitro benzene ring substituents is 1. The Morgan fingerprint density at radius 1 is 0.917 bits per heavy atom. The van der Waals surface area contributed by atoms with Gasteiger partial charge in [0.1, 0.15) is 11.5 Å². The van der Waals surface area contributed by atoms with E-state index in [-0.39, 0.29) is 11.7 Å². The van der Waals surface area contributed by atoms with Gasteiger partial charge in [-0.25, -0.2) is 0 Å². The van der Waals surface area contributed by atoms with Gasteiger partial charge in [0, 0.05) is 67.9 Å². The fourth-order valence-electron chi connectivity index (χ4n) is 4.75. The zero-order chi connectivity index (χ0) is 24.9. The molecule has 1 aliphatic rings. The van der Waals surface area contributed by atoms with Crippen LogP contribution < -0.4 is 0 Å². The third-order valence-electron chi connectivity index (χ3n) is 6.66. The van der Waals surface area contributed by atoms with Crippen molar-refractivity contribution in [1.29, 1.82) is 0 Å². The van der Waals surface area contributed by atoms with E-state index < -0.39 is 4.92 Å².